The largest absolute Gasteiger partial charge is 0.469 e. The molecule has 1 aromatic heterocycles. The highest BCUT2D eigenvalue weighted by atomic mass is 32.1. The van der Waals surface area contributed by atoms with E-state index < -0.39 is 36.8 Å². The number of rotatable bonds is 4. The summed E-state index contributed by atoms with van der Waals surface area (Å²) in [4.78, 5) is 15.2. The number of aromatic nitrogens is 2. The molecule has 0 bridgehead atoms. The zero-order valence-electron chi connectivity index (χ0n) is 9.59. The van der Waals surface area contributed by atoms with Crippen LogP contribution in [0.2, 0.25) is 0 Å². The highest BCUT2D eigenvalue weighted by Crippen LogP contribution is 2.30. The number of hydrogen-bond acceptors (Lipinski definition) is 8. The van der Waals surface area contributed by atoms with Gasteiger partial charge in [-0.2, -0.15) is 0 Å². The monoisotopic (exact) mass is 278 g/mol. The average molecular weight is 278 g/mol. The maximum absolute atomic E-state index is 11.6. The molecule has 2 heterocycles. The predicted molar refractivity (Wildman–Crippen MR) is 60.6 cm³/mol. The van der Waals surface area contributed by atoms with Gasteiger partial charge < -0.3 is 24.8 Å². The molecule has 1 aromatic rings. The first-order valence-electron chi connectivity index (χ1n) is 5.43. The lowest BCUT2D eigenvalue weighted by Gasteiger charge is -2.13. The lowest BCUT2D eigenvalue weighted by molar-refractivity contribution is -0.0493. The van der Waals surface area contributed by atoms with Crippen molar-refractivity contribution < 1.29 is 24.8 Å². The fourth-order valence-corrected chi connectivity index (χ4v) is 2.54. The molecule has 0 spiro atoms. The smallest absolute Gasteiger partial charge is 0.363 e. The van der Waals surface area contributed by atoms with Crippen molar-refractivity contribution in [1.82, 2.24) is 8.94 Å². The van der Waals surface area contributed by atoms with Gasteiger partial charge in [0.25, 0.3) is 5.19 Å². The minimum atomic E-state index is -1.30. The molecule has 1 aliphatic heterocycles. The molecule has 0 amide bonds. The number of nitrogens with zero attached hydrogens (tertiary/aromatic N) is 2. The minimum absolute atomic E-state index is 0.167. The summed E-state index contributed by atoms with van der Waals surface area (Å²) in [6, 6.07) is 0. The van der Waals surface area contributed by atoms with Crippen molar-refractivity contribution in [2.45, 2.75) is 31.5 Å². The normalized spacial score (nSPS) is 31.8. The van der Waals surface area contributed by atoms with E-state index in [0.29, 0.717) is 6.61 Å². The molecule has 1 saturated heterocycles. The Bertz CT molecular complexity index is 460. The molecule has 9 heteroatoms. The average Bonchev–Trinajstić information content (AvgIpc) is 2.83. The van der Waals surface area contributed by atoms with E-state index in [0.717, 1.165) is 15.5 Å². The van der Waals surface area contributed by atoms with E-state index in [4.69, 9.17) is 14.6 Å². The second-order valence-electron chi connectivity index (χ2n) is 3.74. The third-order valence-corrected chi connectivity index (χ3v) is 3.49. The fraction of sp³-hybridized carbons (Fsp3) is 0.778. The van der Waals surface area contributed by atoms with Crippen LogP contribution in [-0.2, 0) is 4.74 Å². The Morgan fingerprint density at radius 1 is 1.50 bits per heavy atom. The molecule has 1 aliphatic rings. The SMILES string of the molecule is CCOc1nc(=O)n([C@@H]2O[C@@H](CO)[C@@H](O)[C@@H]2O)s1. The molecule has 0 unspecified atom stereocenters. The molecule has 1 fully saturated rings. The summed E-state index contributed by atoms with van der Waals surface area (Å²) in [5.74, 6) is 0. The molecule has 0 saturated carbocycles. The molecule has 0 aliphatic carbocycles. The van der Waals surface area contributed by atoms with Crippen molar-refractivity contribution in [2.75, 3.05) is 13.2 Å². The molecule has 3 N–H and O–H groups in total. The Morgan fingerprint density at radius 3 is 2.78 bits per heavy atom. The third-order valence-electron chi connectivity index (χ3n) is 2.57. The highest BCUT2D eigenvalue weighted by molar-refractivity contribution is 7.07. The first kappa shape index (κ1) is 13.4. The molecular formula is C9H14N2O6S. The van der Waals surface area contributed by atoms with Crippen LogP contribution >= 0.6 is 11.5 Å². The molecule has 18 heavy (non-hydrogen) atoms. The summed E-state index contributed by atoms with van der Waals surface area (Å²) >= 11 is 0.893. The Hall–Kier alpha value is -1.00. The van der Waals surface area contributed by atoms with Gasteiger partial charge in [-0.05, 0) is 6.92 Å². The lowest BCUT2D eigenvalue weighted by Crippen LogP contribution is -2.34. The van der Waals surface area contributed by atoms with Crippen molar-refractivity contribution in [3.8, 4) is 5.19 Å². The number of aliphatic hydroxyl groups is 3. The Labute approximate surface area is 106 Å². The summed E-state index contributed by atoms with van der Waals surface area (Å²) in [5.41, 5.74) is -0.627. The maximum Gasteiger partial charge on any atom is 0.363 e. The van der Waals surface area contributed by atoms with E-state index in [1.165, 1.54) is 0 Å². The van der Waals surface area contributed by atoms with E-state index in [9.17, 15) is 15.0 Å². The van der Waals surface area contributed by atoms with Crippen LogP contribution in [0, 0.1) is 0 Å². The second kappa shape index (κ2) is 5.33. The van der Waals surface area contributed by atoms with Crippen molar-refractivity contribution in [3.05, 3.63) is 10.5 Å². The van der Waals surface area contributed by atoms with E-state index in [-0.39, 0.29) is 5.19 Å². The first-order valence-corrected chi connectivity index (χ1v) is 6.21. The molecule has 102 valence electrons. The zero-order valence-corrected chi connectivity index (χ0v) is 10.4. The van der Waals surface area contributed by atoms with E-state index >= 15 is 0 Å². The van der Waals surface area contributed by atoms with Crippen molar-refractivity contribution in [2.24, 2.45) is 0 Å². The quantitative estimate of drug-likeness (QED) is 0.602. The fourth-order valence-electron chi connectivity index (χ4n) is 1.69. The van der Waals surface area contributed by atoms with Gasteiger partial charge in [0.05, 0.1) is 13.2 Å². The first-order chi connectivity index (χ1) is 8.58. The van der Waals surface area contributed by atoms with Crippen molar-refractivity contribution >= 4 is 11.5 Å². The van der Waals surface area contributed by atoms with E-state index in [1.807, 2.05) is 0 Å². The molecule has 8 nitrogen and oxygen atoms in total. The molecule has 4 atom stereocenters. The van der Waals surface area contributed by atoms with Crippen molar-refractivity contribution in [3.63, 3.8) is 0 Å². The summed E-state index contributed by atoms with van der Waals surface area (Å²) in [6.45, 7) is 1.67. The van der Waals surface area contributed by atoms with Gasteiger partial charge in [-0.3, -0.25) is 0 Å². The Kier molecular flexibility index (Phi) is 3.97. The van der Waals surface area contributed by atoms with Crippen LogP contribution in [0.1, 0.15) is 13.2 Å². The van der Waals surface area contributed by atoms with Crippen LogP contribution in [0.15, 0.2) is 4.79 Å². The number of hydrogen-bond donors (Lipinski definition) is 3. The third kappa shape index (κ3) is 2.27. The maximum atomic E-state index is 11.6. The molecular weight excluding hydrogens is 264 g/mol. The summed E-state index contributed by atoms with van der Waals surface area (Å²) in [5, 5.41) is 28.5. The number of ether oxygens (including phenoxy) is 2. The van der Waals surface area contributed by atoms with Crippen LogP contribution in [-0.4, -0.2) is 55.8 Å². The molecule has 2 rings (SSSR count). The lowest BCUT2D eigenvalue weighted by atomic mass is 10.1. The molecule has 0 aromatic carbocycles. The van der Waals surface area contributed by atoms with Crippen molar-refractivity contribution in [1.29, 1.82) is 0 Å². The Morgan fingerprint density at radius 2 is 2.22 bits per heavy atom. The molecule has 0 radical (unpaired) electrons. The van der Waals surface area contributed by atoms with E-state index in [1.54, 1.807) is 6.92 Å². The van der Waals surface area contributed by atoms with Gasteiger partial charge >= 0.3 is 5.69 Å². The number of aliphatic hydroxyl groups excluding tert-OH is 3. The van der Waals surface area contributed by atoms with Crippen LogP contribution < -0.4 is 10.4 Å². The summed E-state index contributed by atoms with van der Waals surface area (Å²) in [6.07, 6.45) is -4.52. The van der Waals surface area contributed by atoms with Crippen LogP contribution in [0.4, 0.5) is 0 Å². The topological polar surface area (TPSA) is 114 Å². The Balaban J connectivity index is 2.24. The van der Waals surface area contributed by atoms with Gasteiger partial charge in [0.1, 0.15) is 18.3 Å². The summed E-state index contributed by atoms with van der Waals surface area (Å²) < 4.78 is 11.4. The standard InChI is InChI=1S/C9H14N2O6S/c1-2-16-9-10-8(15)11(18-9)7-6(14)5(13)4(3-12)17-7/h4-7,12-14H,2-3H2,1H3/t4-,5+,6-,7+/m0/s1. The summed E-state index contributed by atoms with van der Waals surface area (Å²) in [7, 11) is 0. The minimum Gasteiger partial charge on any atom is -0.469 e. The zero-order chi connectivity index (χ0) is 13.3. The van der Waals surface area contributed by atoms with Crippen LogP contribution in [0.5, 0.6) is 5.19 Å². The van der Waals surface area contributed by atoms with Gasteiger partial charge in [-0.15, -0.1) is 4.98 Å². The highest BCUT2D eigenvalue weighted by Gasteiger charge is 2.44. The van der Waals surface area contributed by atoms with Gasteiger partial charge in [0, 0.05) is 11.5 Å². The van der Waals surface area contributed by atoms with Gasteiger partial charge in [0.15, 0.2) is 6.23 Å². The predicted octanol–water partition coefficient (Wildman–Crippen LogP) is -1.68. The van der Waals surface area contributed by atoms with Gasteiger partial charge in [0.2, 0.25) is 0 Å². The van der Waals surface area contributed by atoms with E-state index in [2.05, 4.69) is 4.98 Å². The van der Waals surface area contributed by atoms with Gasteiger partial charge in [-0.1, -0.05) is 0 Å². The van der Waals surface area contributed by atoms with Gasteiger partial charge in [-0.25, -0.2) is 8.75 Å². The second-order valence-corrected chi connectivity index (χ2v) is 4.66. The van der Waals surface area contributed by atoms with Crippen LogP contribution in [0.25, 0.3) is 0 Å². The van der Waals surface area contributed by atoms with Crippen LogP contribution in [0.3, 0.4) is 0 Å².